The SMILES string of the molecule is COc1cc2c(NC3CCS(=O)(=O)CC3)nc(N3CCN(C)CC3)nc2cc1OCCCN1CCCC1. The maximum Gasteiger partial charge on any atom is 0.227 e. The third-order valence-corrected chi connectivity index (χ3v) is 9.44. The van der Waals surface area contributed by atoms with E-state index in [1.807, 2.05) is 12.1 Å². The van der Waals surface area contributed by atoms with E-state index in [-0.39, 0.29) is 17.5 Å². The highest BCUT2D eigenvalue weighted by Gasteiger charge is 2.26. The molecule has 0 aliphatic carbocycles. The number of aromatic nitrogens is 2. The van der Waals surface area contributed by atoms with Gasteiger partial charge in [0.25, 0.3) is 0 Å². The Labute approximate surface area is 220 Å². The van der Waals surface area contributed by atoms with Gasteiger partial charge in [-0.05, 0) is 58.3 Å². The molecule has 0 saturated carbocycles. The molecular formula is C26H40N6O4S. The number of methoxy groups -OCH3 is 1. The van der Waals surface area contributed by atoms with Gasteiger partial charge in [0.2, 0.25) is 5.95 Å². The van der Waals surface area contributed by atoms with Crippen LogP contribution in [-0.2, 0) is 9.84 Å². The predicted octanol–water partition coefficient (Wildman–Crippen LogP) is 2.24. The second kappa shape index (κ2) is 11.6. The number of piperazine rings is 1. The summed E-state index contributed by atoms with van der Waals surface area (Å²) >= 11 is 0. The quantitative estimate of drug-likeness (QED) is 0.484. The summed E-state index contributed by atoms with van der Waals surface area (Å²) in [7, 11) is 0.838. The molecule has 0 amide bonds. The molecular weight excluding hydrogens is 492 g/mol. The fourth-order valence-corrected chi connectivity index (χ4v) is 6.85. The van der Waals surface area contributed by atoms with Crippen LogP contribution in [0.2, 0.25) is 0 Å². The Morgan fingerprint density at radius 2 is 1.73 bits per heavy atom. The van der Waals surface area contributed by atoms with E-state index < -0.39 is 9.84 Å². The van der Waals surface area contributed by atoms with Gasteiger partial charge in [0.1, 0.15) is 15.7 Å². The molecule has 1 aromatic heterocycles. The second-order valence-corrected chi connectivity index (χ2v) is 12.8. The molecule has 0 radical (unpaired) electrons. The van der Waals surface area contributed by atoms with Crippen molar-refractivity contribution in [3.05, 3.63) is 12.1 Å². The van der Waals surface area contributed by atoms with Crippen LogP contribution < -0.4 is 19.7 Å². The average Bonchev–Trinajstić information content (AvgIpc) is 3.41. The first kappa shape index (κ1) is 26.2. The van der Waals surface area contributed by atoms with Crippen LogP contribution in [0.5, 0.6) is 11.5 Å². The van der Waals surface area contributed by atoms with E-state index in [9.17, 15) is 8.42 Å². The molecule has 11 heteroatoms. The van der Waals surface area contributed by atoms with Crippen molar-refractivity contribution in [2.45, 2.75) is 38.1 Å². The number of hydrogen-bond acceptors (Lipinski definition) is 10. The highest BCUT2D eigenvalue weighted by Crippen LogP contribution is 2.36. The zero-order valence-corrected chi connectivity index (χ0v) is 22.9. The van der Waals surface area contributed by atoms with E-state index in [4.69, 9.17) is 19.4 Å². The van der Waals surface area contributed by atoms with Gasteiger partial charge in [0.15, 0.2) is 11.5 Å². The van der Waals surface area contributed by atoms with Gasteiger partial charge in [0.05, 0.1) is 30.7 Å². The van der Waals surface area contributed by atoms with Crippen LogP contribution in [0.1, 0.15) is 32.1 Å². The number of nitrogens with zero attached hydrogens (tertiary/aromatic N) is 5. The van der Waals surface area contributed by atoms with Gasteiger partial charge in [-0.1, -0.05) is 0 Å². The number of hydrogen-bond donors (Lipinski definition) is 1. The zero-order chi connectivity index (χ0) is 25.8. The van der Waals surface area contributed by atoms with Crippen LogP contribution in [-0.4, -0.2) is 112 Å². The van der Waals surface area contributed by atoms with Gasteiger partial charge in [-0.15, -0.1) is 0 Å². The van der Waals surface area contributed by atoms with Crippen molar-refractivity contribution in [2.75, 3.05) is 88.3 Å². The summed E-state index contributed by atoms with van der Waals surface area (Å²) in [6.45, 7) is 7.69. The Morgan fingerprint density at radius 1 is 1.00 bits per heavy atom. The van der Waals surface area contributed by atoms with Gasteiger partial charge < -0.3 is 29.5 Å². The summed E-state index contributed by atoms with van der Waals surface area (Å²) in [4.78, 5) is 16.9. The Kier molecular flexibility index (Phi) is 8.21. The summed E-state index contributed by atoms with van der Waals surface area (Å²) in [6.07, 6.45) is 4.71. The fourth-order valence-electron chi connectivity index (χ4n) is 5.36. The molecule has 1 N–H and O–H groups in total. The molecule has 0 spiro atoms. The largest absolute Gasteiger partial charge is 0.493 e. The summed E-state index contributed by atoms with van der Waals surface area (Å²) in [5, 5.41) is 4.40. The van der Waals surface area contributed by atoms with E-state index in [1.165, 1.54) is 25.9 Å². The maximum absolute atomic E-state index is 12.0. The lowest BCUT2D eigenvalue weighted by Gasteiger charge is -2.33. The monoisotopic (exact) mass is 532 g/mol. The Balaban J connectivity index is 1.40. The van der Waals surface area contributed by atoms with E-state index >= 15 is 0 Å². The van der Waals surface area contributed by atoms with Crippen LogP contribution in [0.3, 0.4) is 0 Å². The molecule has 204 valence electrons. The van der Waals surface area contributed by atoms with Crippen molar-refractivity contribution in [1.82, 2.24) is 19.8 Å². The predicted molar refractivity (Wildman–Crippen MR) is 147 cm³/mol. The first-order chi connectivity index (χ1) is 17.9. The number of rotatable bonds is 9. The van der Waals surface area contributed by atoms with Crippen LogP contribution in [0.25, 0.3) is 10.9 Å². The average molecular weight is 533 g/mol. The lowest BCUT2D eigenvalue weighted by Crippen LogP contribution is -2.45. The van der Waals surface area contributed by atoms with Crippen molar-refractivity contribution in [2.24, 2.45) is 0 Å². The second-order valence-electron chi connectivity index (χ2n) is 10.5. The molecule has 5 rings (SSSR count). The first-order valence-electron chi connectivity index (χ1n) is 13.6. The normalized spacial score (nSPS) is 21.4. The van der Waals surface area contributed by atoms with Crippen molar-refractivity contribution in [3.63, 3.8) is 0 Å². The fraction of sp³-hybridized carbons (Fsp3) is 0.692. The number of likely N-dealkylation sites (N-methyl/N-ethyl adjacent to an activating group) is 1. The Bertz CT molecular complexity index is 1170. The highest BCUT2D eigenvalue weighted by atomic mass is 32.2. The maximum atomic E-state index is 12.0. The number of sulfone groups is 1. The number of anilines is 2. The third kappa shape index (κ3) is 6.56. The number of fused-ring (bicyclic) bond motifs is 1. The highest BCUT2D eigenvalue weighted by molar-refractivity contribution is 7.91. The van der Waals surface area contributed by atoms with E-state index in [0.29, 0.717) is 36.9 Å². The summed E-state index contributed by atoms with van der Waals surface area (Å²) in [5.74, 6) is 3.17. The van der Waals surface area contributed by atoms with Crippen LogP contribution in [0.15, 0.2) is 12.1 Å². The molecule has 3 saturated heterocycles. The van der Waals surface area contributed by atoms with E-state index in [1.54, 1.807) is 7.11 Å². The van der Waals surface area contributed by atoms with E-state index in [0.717, 1.165) is 55.9 Å². The minimum Gasteiger partial charge on any atom is -0.493 e. The Hall–Kier alpha value is -2.37. The van der Waals surface area contributed by atoms with Gasteiger partial charge in [0, 0.05) is 50.2 Å². The zero-order valence-electron chi connectivity index (χ0n) is 22.1. The first-order valence-corrected chi connectivity index (χ1v) is 15.4. The number of likely N-dealkylation sites (tertiary alicyclic amines) is 1. The molecule has 0 bridgehead atoms. The minimum atomic E-state index is -2.94. The van der Waals surface area contributed by atoms with Gasteiger partial charge >= 0.3 is 0 Å². The van der Waals surface area contributed by atoms with Gasteiger partial charge in [-0.3, -0.25) is 0 Å². The topological polar surface area (TPSA) is 100 Å². The smallest absolute Gasteiger partial charge is 0.227 e. The van der Waals surface area contributed by atoms with Crippen LogP contribution in [0.4, 0.5) is 11.8 Å². The van der Waals surface area contributed by atoms with Gasteiger partial charge in [-0.2, -0.15) is 4.98 Å². The number of nitrogens with one attached hydrogen (secondary N) is 1. The lowest BCUT2D eigenvalue weighted by atomic mass is 10.1. The number of benzene rings is 1. The van der Waals surface area contributed by atoms with Crippen molar-refractivity contribution in [1.29, 1.82) is 0 Å². The molecule has 3 aliphatic rings. The molecule has 0 unspecified atom stereocenters. The molecule has 3 aliphatic heterocycles. The molecule has 37 heavy (non-hydrogen) atoms. The van der Waals surface area contributed by atoms with Crippen molar-refractivity contribution in [3.8, 4) is 11.5 Å². The molecule has 4 heterocycles. The van der Waals surface area contributed by atoms with Crippen LogP contribution in [0, 0.1) is 0 Å². The van der Waals surface area contributed by atoms with Crippen molar-refractivity contribution >= 4 is 32.5 Å². The summed E-state index contributed by atoms with van der Waals surface area (Å²) in [5.41, 5.74) is 0.796. The molecule has 1 aromatic carbocycles. The Morgan fingerprint density at radius 3 is 2.43 bits per heavy atom. The molecule has 0 atom stereocenters. The summed E-state index contributed by atoms with van der Waals surface area (Å²) < 4.78 is 35.8. The van der Waals surface area contributed by atoms with E-state index in [2.05, 4.69) is 27.1 Å². The minimum absolute atomic E-state index is 0.0504. The van der Waals surface area contributed by atoms with Crippen molar-refractivity contribution < 1.29 is 17.9 Å². The lowest BCUT2D eigenvalue weighted by molar-refractivity contribution is 0.254. The van der Waals surface area contributed by atoms with Gasteiger partial charge in [-0.25, -0.2) is 13.4 Å². The molecule has 3 fully saturated rings. The standard InChI is InChI=1S/C26H40N6O4S/c1-30-11-13-32(14-12-30)26-28-22-19-24(36-15-5-10-31-8-3-4-9-31)23(35-2)18-21(22)25(29-26)27-20-6-16-37(33,34)17-7-20/h18-20H,3-17H2,1-2H3,(H,27,28,29). The number of ether oxygens (including phenoxy) is 2. The molecule has 2 aromatic rings. The third-order valence-electron chi connectivity index (χ3n) is 7.73. The molecule has 10 nitrogen and oxygen atoms in total. The summed E-state index contributed by atoms with van der Waals surface area (Å²) in [6, 6.07) is 3.96. The van der Waals surface area contributed by atoms with Crippen LogP contribution >= 0.6 is 0 Å².